The highest BCUT2D eigenvalue weighted by Crippen LogP contribution is 2.32. The fraction of sp³-hybridized carbons (Fsp3) is 0.389. The van der Waals surface area contributed by atoms with Crippen LogP contribution in [0.15, 0.2) is 46.2 Å². The zero-order valence-electron chi connectivity index (χ0n) is 14.9. The number of hydrogen-bond acceptors (Lipinski definition) is 5. The van der Waals surface area contributed by atoms with Gasteiger partial charge in [0.1, 0.15) is 0 Å². The van der Waals surface area contributed by atoms with Crippen LogP contribution in [0.3, 0.4) is 0 Å². The Morgan fingerprint density at radius 1 is 1.27 bits per heavy atom. The van der Waals surface area contributed by atoms with Crippen molar-refractivity contribution < 1.29 is 13.2 Å². The summed E-state index contributed by atoms with van der Waals surface area (Å²) < 4.78 is 25.6. The molecular weight excluding hydrogens is 410 g/mol. The fourth-order valence-electron chi connectivity index (χ4n) is 2.48. The Morgan fingerprint density at radius 3 is 2.58 bits per heavy atom. The summed E-state index contributed by atoms with van der Waals surface area (Å²) in [5.41, 5.74) is 0. The van der Waals surface area contributed by atoms with E-state index in [1.54, 1.807) is 43.1 Å². The monoisotopic (exact) mass is 431 g/mol. The molecule has 142 valence electrons. The third kappa shape index (κ3) is 5.49. The molecule has 4 nitrogen and oxygen atoms in total. The molecule has 1 aromatic heterocycles. The highest BCUT2D eigenvalue weighted by Gasteiger charge is 2.23. The van der Waals surface area contributed by atoms with Crippen LogP contribution < -0.4 is 0 Å². The first-order valence-corrected chi connectivity index (χ1v) is 11.9. The summed E-state index contributed by atoms with van der Waals surface area (Å²) in [5.74, 6) is 0.0496. The van der Waals surface area contributed by atoms with Crippen molar-refractivity contribution in [2.24, 2.45) is 0 Å². The van der Waals surface area contributed by atoms with Gasteiger partial charge in [0.25, 0.3) is 0 Å². The third-order valence-electron chi connectivity index (χ3n) is 3.71. The van der Waals surface area contributed by atoms with E-state index >= 15 is 0 Å². The van der Waals surface area contributed by atoms with E-state index in [1.165, 1.54) is 23.1 Å². The van der Waals surface area contributed by atoms with Crippen molar-refractivity contribution in [3.05, 3.63) is 45.6 Å². The molecule has 0 aliphatic heterocycles. The molecule has 0 saturated heterocycles. The van der Waals surface area contributed by atoms with Crippen molar-refractivity contribution in [1.82, 2.24) is 4.90 Å². The van der Waals surface area contributed by atoms with E-state index in [2.05, 4.69) is 0 Å². The number of carbonyl (C=O) groups excluding carboxylic acids is 1. The Bertz CT molecular complexity index is 864. The molecule has 0 spiro atoms. The van der Waals surface area contributed by atoms with E-state index in [0.717, 1.165) is 4.88 Å². The van der Waals surface area contributed by atoms with Gasteiger partial charge in [0.05, 0.1) is 26.8 Å². The van der Waals surface area contributed by atoms with Crippen molar-refractivity contribution in [3.63, 3.8) is 0 Å². The van der Waals surface area contributed by atoms with Gasteiger partial charge in [-0.25, -0.2) is 8.42 Å². The Hall–Kier alpha value is -1.02. The lowest BCUT2D eigenvalue weighted by Crippen LogP contribution is -2.32. The lowest BCUT2D eigenvalue weighted by atomic mass is 10.3. The maximum atomic E-state index is 12.7. The summed E-state index contributed by atoms with van der Waals surface area (Å²) >= 11 is 8.66. The van der Waals surface area contributed by atoms with Gasteiger partial charge in [0.15, 0.2) is 9.84 Å². The average Bonchev–Trinajstić information content (AvgIpc) is 2.99. The van der Waals surface area contributed by atoms with Gasteiger partial charge in [0.2, 0.25) is 5.91 Å². The third-order valence-corrected chi connectivity index (χ3v) is 8.19. The molecule has 2 aromatic rings. The lowest BCUT2D eigenvalue weighted by Gasteiger charge is -2.21. The SMILES string of the molecule is CCCS(=O)(=O)c1ccccc1SC(C)C(=O)N(C)Cc1ccc(Cl)s1. The molecule has 1 amide bonds. The van der Waals surface area contributed by atoms with Crippen molar-refractivity contribution in [3.8, 4) is 0 Å². The van der Waals surface area contributed by atoms with Crippen molar-refractivity contribution >= 4 is 50.4 Å². The standard InChI is InChI=1S/C18H22ClNO3S3/c1-4-11-26(22,23)16-8-6-5-7-15(16)24-13(2)18(21)20(3)12-14-9-10-17(19)25-14/h5-10,13H,4,11-12H2,1-3H3. The molecule has 26 heavy (non-hydrogen) atoms. The quantitative estimate of drug-likeness (QED) is 0.567. The molecular formula is C18H22ClNO3S3. The summed E-state index contributed by atoms with van der Waals surface area (Å²) in [7, 11) is -1.59. The summed E-state index contributed by atoms with van der Waals surface area (Å²) in [6.07, 6.45) is 0.557. The van der Waals surface area contributed by atoms with Gasteiger partial charge in [-0.05, 0) is 37.6 Å². The number of sulfone groups is 1. The van der Waals surface area contributed by atoms with Crippen LogP contribution in [0.5, 0.6) is 0 Å². The predicted molar refractivity (Wildman–Crippen MR) is 110 cm³/mol. The van der Waals surface area contributed by atoms with Gasteiger partial charge in [0, 0.05) is 16.8 Å². The normalized spacial score (nSPS) is 12.8. The van der Waals surface area contributed by atoms with Crippen molar-refractivity contribution in [2.45, 2.75) is 41.9 Å². The lowest BCUT2D eigenvalue weighted by molar-refractivity contribution is -0.129. The van der Waals surface area contributed by atoms with Crippen LogP contribution >= 0.6 is 34.7 Å². The molecule has 0 aliphatic carbocycles. The highest BCUT2D eigenvalue weighted by molar-refractivity contribution is 8.01. The van der Waals surface area contributed by atoms with Crippen LogP contribution in [-0.4, -0.2) is 37.3 Å². The van der Waals surface area contributed by atoms with Gasteiger partial charge < -0.3 is 4.90 Å². The number of nitrogens with zero attached hydrogens (tertiary/aromatic N) is 1. The molecule has 1 aromatic carbocycles. The number of benzene rings is 1. The summed E-state index contributed by atoms with van der Waals surface area (Å²) in [6, 6.07) is 10.6. The molecule has 0 radical (unpaired) electrons. The maximum absolute atomic E-state index is 12.7. The minimum absolute atomic E-state index is 0.0535. The second-order valence-corrected chi connectivity index (χ2v) is 11.2. The van der Waals surface area contributed by atoms with Crippen LogP contribution in [0.1, 0.15) is 25.1 Å². The van der Waals surface area contributed by atoms with E-state index < -0.39 is 15.1 Å². The largest absolute Gasteiger partial charge is 0.340 e. The molecule has 0 bridgehead atoms. The van der Waals surface area contributed by atoms with Gasteiger partial charge >= 0.3 is 0 Å². The second-order valence-electron chi connectivity index (χ2n) is 5.93. The number of thioether (sulfide) groups is 1. The number of amides is 1. The van der Waals surface area contributed by atoms with Crippen molar-refractivity contribution in [1.29, 1.82) is 0 Å². The van der Waals surface area contributed by atoms with Crippen LogP contribution in [0.4, 0.5) is 0 Å². The number of hydrogen-bond donors (Lipinski definition) is 0. The minimum atomic E-state index is -3.34. The Kier molecular flexibility index (Phi) is 7.58. The van der Waals surface area contributed by atoms with E-state index in [-0.39, 0.29) is 11.7 Å². The van der Waals surface area contributed by atoms with Gasteiger partial charge in [-0.2, -0.15) is 0 Å². The zero-order chi connectivity index (χ0) is 19.3. The predicted octanol–water partition coefficient (Wildman–Crippen LogP) is 4.72. The summed E-state index contributed by atoms with van der Waals surface area (Å²) in [6.45, 7) is 4.12. The molecule has 1 atom stereocenters. The molecule has 1 unspecified atom stereocenters. The van der Waals surface area contributed by atoms with E-state index in [9.17, 15) is 13.2 Å². The average molecular weight is 432 g/mol. The minimum Gasteiger partial charge on any atom is -0.340 e. The first-order valence-electron chi connectivity index (χ1n) is 8.22. The molecule has 0 N–H and O–H groups in total. The maximum Gasteiger partial charge on any atom is 0.235 e. The molecule has 0 aliphatic rings. The number of thiophene rings is 1. The van der Waals surface area contributed by atoms with Crippen LogP contribution in [0.25, 0.3) is 0 Å². The second kappa shape index (κ2) is 9.26. The smallest absolute Gasteiger partial charge is 0.235 e. The number of carbonyl (C=O) groups is 1. The fourth-order valence-corrected chi connectivity index (χ4v) is 6.57. The Balaban J connectivity index is 2.11. The topological polar surface area (TPSA) is 54.5 Å². The number of halogens is 1. The number of rotatable bonds is 8. The molecule has 0 fully saturated rings. The van der Waals surface area contributed by atoms with Crippen LogP contribution in [-0.2, 0) is 21.2 Å². The van der Waals surface area contributed by atoms with Crippen LogP contribution in [0.2, 0.25) is 4.34 Å². The van der Waals surface area contributed by atoms with Gasteiger partial charge in [-0.3, -0.25) is 4.79 Å². The van der Waals surface area contributed by atoms with E-state index in [1.807, 2.05) is 19.1 Å². The first kappa shape index (κ1) is 21.3. The molecule has 0 saturated carbocycles. The van der Waals surface area contributed by atoms with Crippen LogP contribution in [0, 0.1) is 0 Å². The van der Waals surface area contributed by atoms with Crippen molar-refractivity contribution in [2.75, 3.05) is 12.8 Å². The molecule has 1 heterocycles. The van der Waals surface area contributed by atoms with Gasteiger partial charge in [-0.1, -0.05) is 30.7 Å². The molecule has 2 rings (SSSR count). The summed E-state index contributed by atoms with van der Waals surface area (Å²) in [4.78, 5) is 16.2. The first-order chi connectivity index (χ1) is 12.2. The summed E-state index contributed by atoms with van der Waals surface area (Å²) in [5, 5.41) is -0.395. The van der Waals surface area contributed by atoms with Gasteiger partial charge in [-0.15, -0.1) is 23.1 Å². The van der Waals surface area contributed by atoms with E-state index in [4.69, 9.17) is 11.6 Å². The Morgan fingerprint density at radius 2 is 1.96 bits per heavy atom. The molecule has 8 heteroatoms. The zero-order valence-corrected chi connectivity index (χ0v) is 18.1. The Labute approximate surface area is 168 Å². The highest BCUT2D eigenvalue weighted by atomic mass is 35.5. The van der Waals surface area contributed by atoms with E-state index in [0.29, 0.717) is 27.1 Å².